The van der Waals surface area contributed by atoms with Crippen molar-refractivity contribution in [2.24, 2.45) is 23.7 Å². The predicted molar refractivity (Wildman–Crippen MR) is 305 cm³/mol. The van der Waals surface area contributed by atoms with Crippen molar-refractivity contribution in [1.29, 1.82) is 0 Å². The fourth-order valence-electron chi connectivity index (χ4n) is 9.55. The van der Waals surface area contributed by atoms with Crippen LogP contribution in [0.1, 0.15) is 121 Å². The second-order valence-corrected chi connectivity index (χ2v) is 23.5. The van der Waals surface area contributed by atoms with Crippen molar-refractivity contribution < 1.29 is 19.5 Å². The maximum atomic E-state index is 14.9. The Hall–Kier alpha value is -6.56. The highest BCUT2D eigenvalue weighted by Crippen LogP contribution is 2.45. The number of amides is 2. The molecule has 0 spiro atoms. The minimum Gasteiger partial charge on any atom is -0.506 e. The van der Waals surface area contributed by atoms with Crippen molar-refractivity contribution in [3.63, 3.8) is 0 Å². The van der Waals surface area contributed by atoms with Crippen LogP contribution in [-0.4, -0.2) is 28.0 Å². The lowest BCUT2D eigenvalue weighted by Crippen LogP contribution is -2.31. The molecule has 0 saturated carbocycles. The molecule has 374 valence electrons. The normalized spacial score (nSPS) is 15.4. The first-order valence-electron chi connectivity index (χ1n) is 26.1. The smallest absolute Gasteiger partial charge is 0.224 e. The van der Waals surface area contributed by atoms with Crippen molar-refractivity contribution >= 4 is 69.4 Å². The Balaban J connectivity index is 1.34. The van der Waals surface area contributed by atoms with E-state index < -0.39 is 7.55 Å². The molecule has 0 aromatic heterocycles. The highest BCUT2D eigenvalue weighted by Gasteiger charge is 2.40. The third-order valence-electron chi connectivity index (χ3n) is 13.7. The summed E-state index contributed by atoms with van der Waals surface area (Å²) in [6, 6.07) is 39.5. The monoisotopic (exact) mass is 981 g/mol. The molecule has 5 aromatic carbocycles. The quantitative estimate of drug-likeness (QED) is 0.0533. The van der Waals surface area contributed by atoms with Crippen LogP contribution < -0.4 is 26.1 Å². The summed E-state index contributed by atoms with van der Waals surface area (Å²) < 4.78 is 0. The molecule has 0 bridgehead atoms. The lowest BCUT2D eigenvalue weighted by atomic mass is 9.78. The van der Waals surface area contributed by atoms with Gasteiger partial charge in [-0.2, -0.15) is 0 Å². The summed E-state index contributed by atoms with van der Waals surface area (Å²) in [6.07, 6.45) is 12.7. The Morgan fingerprint density at radius 1 is 0.556 bits per heavy atom. The summed E-state index contributed by atoms with van der Waals surface area (Å²) in [6.45, 7) is 21.4. The Morgan fingerprint density at radius 3 is 1.46 bits per heavy atom. The Labute approximate surface area is 430 Å². The summed E-state index contributed by atoms with van der Waals surface area (Å²) in [7, 11) is -1.06. The summed E-state index contributed by atoms with van der Waals surface area (Å²) in [5, 5.41) is 22.1. The molecule has 0 aliphatic heterocycles. The van der Waals surface area contributed by atoms with Gasteiger partial charge in [0.1, 0.15) is 5.76 Å². The zero-order valence-corrected chi connectivity index (χ0v) is 45.1. The minimum atomic E-state index is -1.06. The highest BCUT2D eigenvalue weighted by molar-refractivity contribution is 7.74. The molecular weight excluding hydrogens is 906 g/mol. The lowest BCUT2D eigenvalue weighted by molar-refractivity contribution is -0.121. The fraction of sp³-hybridized carbons (Fsp3) is 0.344. The average Bonchev–Trinajstić information content (AvgIpc) is 3.32. The number of aliphatic hydroxyl groups is 1. The van der Waals surface area contributed by atoms with Crippen LogP contribution in [0.2, 0.25) is 0 Å². The van der Waals surface area contributed by atoms with Gasteiger partial charge < -0.3 is 20.6 Å². The molecule has 8 heteroatoms. The molecule has 7 rings (SSSR count). The van der Waals surface area contributed by atoms with Crippen LogP contribution in [0.4, 0.5) is 22.7 Å². The number of rotatable bonds is 20. The van der Waals surface area contributed by atoms with E-state index in [2.05, 4.69) is 182 Å². The summed E-state index contributed by atoms with van der Waals surface area (Å²) in [5.74, 6) is 0.679. The molecule has 7 nitrogen and oxygen atoms in total. The number of ketones is 1. The topological polar surface area (TPSA) is 98.7 Å². The molecule has 2 aliphatic rings. The molecule has 2 amide bonds. The minimum absolute atomic E-state index is 0.121. The molecule has 2 unspecified atom stereocenters. The number of aryl methyl sites for hydroxylation is 4. The Morgan fingerprint density at radius 2 is 1.00 bits per heavy atom. The number of Topliss-reactive ketones (excluding diaryl/α,β-unsaturated/α-hetero) is 1. The number of allylic oxidation sites excluding steroid dienone is 5. The predicted octanol–water partition coefficient (Wildman–Crippen LogP) is 15.1. The van der Waals surface area contributed by atoms with E-state index in [0.29, 0.717) is 47.2 Å². The number of benzene rings is 5. The van der Waals surface area contributed by atoms with Crippen LogP contribution in [0.15, 0.2) is 156 Å². The van der Waals surface area contributed by atoms with Crippen LogP contribution in [0.5, 0.6) is 0 Å². The third kappa shape index (κ3) is 13.5. The first kappa shape index (κ1) is 53.2. The van der Waals surface area contributed by atoms with Crippen LogP contribution in [-0.2, 0) is 14.4 Å². The molecule has 0 saturated heterocycles. The van der Waals surface area contributed by atoms with E-state index in [1.165, 1.54) is 11.1 Å². The standard InChI is InChI=1S/C64H74N3O4P/c1-41(2)13-11-15-47(9)37-59(68)65-57-39-51(67(49-25-17-43(5)18-26-49)50-27-19-44(6)20-28-50)29-35-55(57)61-63(70)62(64(61)71)56-36-34-54(40-58(56)66-60(69)38-48(10)16-12-14-42(3)4)72(52-30-21-45(7)22-31-52)53-32-23-46(8)24-33-53/h17-36,39-42,47-48H,11-16,37-38H2,1-10H3,(H2-,65,66,68,69,70,71)/p+1. The molecule has 0 radical (unpaired) electrons. The lowest BCUT2D eigenvalue weighted by Gasteiger charge is -2.29. The highest BCUT2D eigenvalue weighted by atomic mass is 31.1. The number of nitrogens with zero attached hydrogens (tertiary/aromatic N) is 1. The van der Waals surface area contributed by atoms with Gasteiger partial charge in [-0.3, -0.25) is 14.4 Å². The maximum Gasteiger partial charge on any atom is 0.224 e. The van der Waals surface area contributed by atoms with E-state index in [1.54, 1.807) is 0 Å². The molecule has 2 aliphatic carbocycles. The van der Waals surface area contributed by atoms with Crippen molar-refractivity contribution in [1.82, 2.24) is 5.32 Å². The second-order valence-electron chi connectivity index (χ2n) is 21.3. The van der Waals surface area contributed by atoms with E-state index in [0.717, 1.165) is 82.6 Å². The van der Waals surface area contributed by atoms with Crippen molar-refractivity contribution in [2.75, 3.05) is 10.2 Å². The number of anilines is 4. The average molecular weight is 981 g/mol. The van der Waals surface area contributed by atoms with Crippen LogP contribution in [0.3, 0.4) is 0 Å². The van der Waals surface area contributed by atoms with Crippen molar-refractivity contribution in [3.8, 4) is 0 Å². The maximum absolute atomic E-state index is 14.9. The molecule has 2 atom stereocenters. The SMILES string of the molecule is Cc1ccc(N(c2ccc(C)cc2)c2ccc(C3=C(O)/C(=C4/C=CC(=[P+](c5ccc(C)cc5)c5ccc(C)cc5)C=C4NC(=O)CC(C)CCCC(C)C)C3=O)c(NC(=O)CC(C)CCCC(C)C)c2)cc1. The van der Waals surface area contributed by atoms with E-state index >= 15 is 0 Å². The summed E-state index contributed by atoms with van der Waals surface area (Å²) >= 11 is 0. The molecule has 0 fully saturated rings. The number of carbonyl (C=O) groups excluding carboxylic acids is 3. The van der Waals surface area contributed by atoms with Gasteiger partial charge in [0.2, 0.25) is 17.6 Å². The Bertz CT molecular complexity index is 2820. The summed E-state index contributed by atoms with van der Waals surface area (Å²) in [4.78, 5) is 45.2. The van der Waals surface area contributed by atoms with Crippen LogP contribution in [0.25, 0.3) is 5.57 Å². The van der Waals surface area contributed by atoms with E-state index in [-0.39, 0.29) is 46.3 Å². The van der Waals surface area contributed by atoms with E-state index in [4.69, 9.17) is 0 Å². The van der Waals surface area contributed by atoms with Gasteiger partial charge in [-0.1, -0.05) is 151 Å². The third-order valence-corrected chi connectivity index (χ3v) is 16.2. The van der Waals surface area contributed by atoms with Crippen molar-refractivity contribution in [3.05, 3.63) is 184 Å². The van der Waals surface area contributed by atoms with Gasteiger partial charge in [0.15, 0.2) is 23.4 Å². The largest absolute Gasteiger partial charge is 0.506 e. The molecule has 0 heterocycles. The molecule has 3 N–H and O–H groups in total. The molecule has 72 heavy (non-hydrogen) atoms. The molecular formula is C64H75N3O4P+. The van der Waals surface area contributed by atoms with Crippen molar-refractivity contribution in [2.45, 2.75) is 121 Å². The van der Waals surface area contributed by atoms with E-state index in [9.17, 15) is 19.5 Å². The zero-order chi connectivity index (χ0) is 51.6. The first-order chi connectivity index (χ1) is 34.4. The second kappa shape index (κ2) is 24.2. The van der Waals surface area contributed by atoms with Gasteiger partial charge in [0.25, 0.3) is 0 Å². The number of carbonyl (C=O) groups is 3. The fourth-order valence-corrected chi connectivity index (χ4v) is 11.8. The molecule has 5 aromatic rings. The van der Waals surface area contributed by atoms with Gasteiger partial charge in [0, 0.05) is 47.1 Å². The number of hydrogen-bond acceptors (Lipinski definition) is 5. The number of nitrogens with one attached hydrogen (secondary N) is 2. The zero-order valence-electron chi connectivity index (χ0n) is 44.2. The van der Waals surface area contributed by atoms with Crippen LogP contribution >= 0.6 is 7.55 Å². The first-order valence-corrected chi connectivity index (χ1v) is 27.4. The number of aliphatic hydroxyl groups excluding tert-OH is 1. The van der Waals surface area contributed by atoms with Gasteiger partial charge in [-0.15, -0.1) is 0 Å². The number of hydrogen-bond donors (Lipinski definition) is 3. The van der Waals surface area contributed by atoms with Gasteiger partial charge in [-0.05, 0) is 130 Å². The Kier molecular flexibility index (Phi) is 17.9. The van der Waals surface area contributed by atoms with Gasteiger partial charge in [-0.25, -0.2) is 0 Å². The van der Waals surface area contributed by atoms with Gasteiger partial charge >= 0.3 is 0 Å². The summed E-state index contributed by atoms with van der Waals surface area (Å²) in [5.41, 5.74) is 9.29. The van der Waals surface area contributed by atoms with Crippen LogP contribution in [0, 0.1) is 51.4 Å². The van der Waals surface area contributed by atoms with E-state index in [1.807, 2.05) is 36.4 Å². The van der Waals surface area contributed by atoms with Gasteiger partial charge in [0.05, 0.1) is 22.5 Å².